The Bertz CT molecular complexity index is 3190. The number of fused-ring (bicyclic) bond motifs is 12. The summed E-state index contributed by atoms with van der Waals surface area (Å²) < 4.78 is 13.1. The molecule has 4 heteroatoms. The Morgan fingerprint density at radius 1 is 0.368 bits per heavy atom. The highest BCUT2D eigenvalue weighted by Crippen LogP contribution is 2.62. The number of furan rings is 1. The average Bonchev–Trinajstić information content (AvgIpc) is 3.80. The molecule has 12 rings (SSSR count). The number of nitrogens with zero attached hydrogens (tertiary/aromatic N) is 2. The third kappa shape index (κ3) is 4.62. The van der Waals surface area contributed by atoms with Gasteiger partial charge in [0.25, 0.3) is 0 Å². The zero-order valence-electron chi connectivity index (χ0n) is 30.7. The van der Waals surface area contributed by atoms with Crippen molar-refractivity contribution >= 4 is 21.9 Å². The molecule has 2 aliphatic rings. The van der Waals surface area contributed by atoms with E-state index >= 15 is 0 Å². The fourth-order valence-corrected chi connectivity index (χ4v) is 9.38. The van der Waals surface area contributed by atoms with E-state index in [0.717, 1.165) is 89.3 Å². The maximum absolute atomic E-state index is 6.57. The lowest BCUT2D eigenvalue weighted by Gasteiger charge is -2.39. The van der Waals surface area contributed by atoms with Crippen LogP contribution in [0.3, 0.4) is 0 Å². The van der Waals surface area contributed by atoms with Crippen molar-refractivity contribution in [3.05, 3.63) is 216 Å². The maximum atomic E-state index is 6.57. The van der Waals surface area contributed by atoms with Gasteiger partial charge in [-0.2, -0.15) is 0 Å². The standard InChI is InChI=1S/C53H32N2O2/c1-2-15-33(16-3-1)35-17-4-5-19-37(35)46-32-47(40-22-14-21-39-38-20-7-11-26-48(38)57-51(39)40)55-52(54-46)34-29-30-43-41(31-34)36-18-6-8-23-42(36)53(43)44-24-9-12-27-49(44)56-50-28-13-10-25-45(50)53/h1-32H. The van der Waals surface area contributed by atoms with Gasteiger partial charge in [-0.25, -0.2) is 9.97 Å². The summed E-state index contributed by atoms with van der Waals surface area (Å²) in [4.78, 5) is 10.8. The van der Waals surface area contributed by atoms with Gasteiger partial charge in [0.1, 0.15) is 22.7 Å². The number of benzene rings is 8. The molecule has 0 saturated carbocycles. The van der Waals surface area contributed by atoms with E-state index in [-0.39, 0.29) is 0 Å². The van der Waals surface area contributed by atoms with Gasteiger partial charge in [-0.1, -0.05) is 158 Å². The van der Waals surface area contributed by atoms with Gasteiger partial charge in [0.2, 0.25) is 0 Å². The van der Waals surface area contributed by atoms with Crippen molar-refractivity contribution in [2.75, 3.05) is 0 Å². The Morgan fingerprint density at radius 2 is 0.947 bits per heavy atom. The summed E-state index contributed by atoms with van der Waals surface area (Å²) in [6, 6.07) is 68.1. The molecule has 0 bridgehead atoms. The number of para-hydroxylation sites is 4. The molecule has 0 unspecified atom stereocenters. The van der Waals surface area contributed by atoms with Crippen LogP contribution in [0.4, 0.5) is 0 Å². The first-order valence-electron chi connectivity index (χ1n) is 19.3. The van der Waals surface area contributed by atoms with Crippen LogP contribution in [-0.2, 0) is 5.41 Å². The largest absolute Gasteiger partial charge is 0.457 e. The van der Waals surface area contributed by atoms with Gasteiger partial charge in [-0.05, 0) is 69.8 Å². The predicted octanol–water partition coefficient (Wildman–Crippen LogP) is 13.5. The summed E-state index contributed by atoms with van der Waals surface area (Å²) in [5, 5.41) is 2.15. The van der Waals surface area contributed by atoms with Gasteiger partial charge in [0.05, 0.1) is 16.8 Å². The fraction of sp³-hybridized carbons (Fsp3) is 0.0189. The highest BCUT2D eigenvalue weighted by molar-refractivity contribution is 6.09. The van der Waals surface area contributed by atoms with Crippen molar-refractivity contribution < 1.29 is 9.15 Å². The lowest BCUT2D eigenvalue weighted by molar-refractivity contribution is 0.436. The van der Waals surface area contributed by atoms with Gasteiger partial charge in [0, 0.05) is 38.6 Å². The molecule has 0 saturated heterocycles. The molecule has 0 fully saturated rings. The smallest absolute Gasteiger partial charge is 0.160 e. The van der Waals surface area contributed by atoms with Crippen LogP contribution in [0.15, 0.2) is 199 Å². The second-order valence-corrected chi connectivity index (χ2v) is 14.8. The Morgan fingerprint density at radius 3 is 1.74 bits per heavy atom. The molecule has 0 N–H and O–H groups in total. The molecule has 0 amide bonds. The lowest BCUT2D eigenvalue weighted by atomic mass is 9.66. The average molecular weight is 729 g/mol. The minimum Gasteiger partial charge on any atom is -0.457 e. The molecular formula is C53H32N2O2. The van der Waals surface area contributed by atoms with E-state index in [0.29, 0.717) is 5.82 Å². The minimum atomic E-state index is -0.546. The van der Waals surface area contributed by atoms with E-state index in [1.807, 2.05) is 12.1 Å². The van der Waals surface area contributed by atoms with Crippen LogP contribution in [0.2, 0.25) is 0 Å². The summed E-state index contributed by atoms with van der Waals surface area (Å²) in [6.07, 6.45) is 0. The van der Waals surface area contributed by atoms with Crippen LogP contribution < -0.4 is 4.74 Å². The highest BCUT2D eigenvalue weighted by atomic mass is 16.5. The second-order valence-electron chi connectivity index (χ2n) is 14.8. The van der Waals surface area contributed by atoms with E-state index in [2.05, 4.69) is 182 Å². The van der Waals surface area contributed by atoms with Crippen LogP contribution in [0, 0.1) is 0 Å². The van der Waals surface area contributed by atoms with E-state index < -0.39 is 5.41 Å². The molecule has 0 atom stereocenters. The number of hydrogen-bond acceptors (Lipinski definition) is 4. The van der Waals surface area contributed by atoms with Crippen molar-refractivity contribution in [3.63, 3.8) is 0 Å². The first-order chi connectivity index (χ1) is 28.3. The van der Waals surface area contributed by atoms with E-state index in [9.17, 15) is 0 Å². The monoisotopic (exact) mass is 728 g/mol. The van der Waals surface area contributed by atoms with Crippen LogP contribution in [0.5, 0.6) is 11.5 Å². The van der Waals surface area contributed by atoms with Crippen LogP contribution >= 0.6 is 0 Å². The molecule has 1 spiro atoms. The lowest BCUT2D eigenvalue weighted by Crippen LogP contribution is -2.32. The highest BCUT2D eigenvalue weighted by Gasteiger charge is 2.51. The molecule has 57 heavy (non-hydrogen) atoms. The molecule has 2 aromatic heterocycles. The summed E-state index contributed by atoms with van der Waals surface area (Å²) >= 11 is 0. The van der Waals surface area contributed by atoms with Crippen molar-refractivity contribution in [3.8, 4) is 67.7 Å². The summed E-state index contributed by atoms with van der Waals surface area (Å²) in [5.41, 5.74) is 15.0. The summed E-state index contributed by atoms with van der Waals surface area (Å²) in [5.74, 6) is 2.40. The predicted molar refractivity (Wildman–Crippen MR) is 228 cm³/mol. The number of hydrogen-bond donors (Lipinski definition) is 0. The molecule has 3 heterocycles. The molecule has 10 aromatic rings. The SMILES string of the molecule is c1ccc(-c2ccccc2-c2cc(-c3cccc4c3oc3ccccc34)nc(-c3ccc4c(c3)-c3ccccc3C43c4ccccc4Oc4ccccc43)n2)cc1. The minimum absolute atomic E-state index is 0.546. The molecule has 266 valence electrons. The summed E-state index contributed by atoms with van der Waals surface area (Å²) in [6.45, 7) is 0. The Balaban J connectivity index is 1.11. The molecule has 8 aromatic carbocycles. The number of aromatic nitrogens is 2. The van der Waals surface area contributed by atoms with Crippen molar-refractivity contribution in [1.29, 1.82) is 0 Å². The Labute approximate surface area is 329 Å². The fourth-order valence-electron chi connectivity index (χ4n) is 9.38. The molecule has 0 radical (unpaired) electrons. The van der Waals surface area contributed by atoms with Gasteiger partial charge < -0.3 is 9.15 Å². The van der Waals surface area contributed by atoms with Gasteiger partial charge in [-0.3, -0.25) is 0 Å². The van der Waals surface area contributed by atoms with E-state index in [4.69, 9.17) is 19.1 Å². The van der Waals surface area contributed by atoms with Crippen LogP contribution in [0.25, 0.3) is 78.1 Å². The second kappa shape index (κ2) is 12.2. The Hall–Kier alpha value is -7.56. The normalized spacial score (nSPS) is 13.2. The van der Waals surface area contributed by atoms with Crippen molar-refractivity contribution in [2.45, 2.75) is 5.41 Å². The quantitative estimate of drug-likeness (QED) is 0.181. The van der Waals surface area contributed by atoms with Crippen LogP contribution in [-0.4, -0.2) is 9.97 Å². The maximum Gasteiger partial charge on any atom is 0.160 e. The zero-order valence-corrected chi connectivity index (χ0v) is 30.7. The first kappa shape index (κ1) is 31.8. The Kier molecular flexibility index (Phi) is 6.81. The number of rotatable bonds is 4. The van der Waals surface area contributed by atoms with E-state index in [1.165, 1.54) is 16.7 Å². The summed E-state index contributed by atoms with van der Waals surface area (Å²) in [7, 11) is 0. The third-order valence-electron chi connectivity index (χ3n) is 11.8. The number of ether oxygens (including phenoxy) is 1. The third-order valence-corrected chi connectivity index (χ3v) is 11.8. The van der Waals surface area contributed by atoms with Crippen molar-refractivity contribution in [2.24, 2.45) is 0 Å². The van der Waals surface area contributed by atoms with Crippen molar-refractivity contribution in [1.82, 2.24) is 9.97 Å². The zero-order chi connectivity index (χ0) is 37.5. The topological polar surface area (TPSA) is 48.2 Å². The molecule has 1 aliphatic heterocycles. The van der Waals surface area contributed by atoms with Crippen LogP contribution in [0.1, 0.15) is 22.3 Å². The first-order valence-corrected chi connectivity index (χ1v) is 19.3. The molecular weight excluding hydrogens is 697 g/mol. The molecule has 1 aliphatic carbocycles. The van der Waals surface area contributed by atoms with Gasteiger partial charge in [0.15, 0.2) is 5.82 Å². The van der Waals surface area contributed by atoms with E-state index in [1.54, 1.807) is 0 Å². The van der Waals surface area contributed by atoms with Gasteiger partial charge in [-0.15, -0.1) is 0 Å². The van der Waals surface area contributed by atoms with Gasteiger partial charge >= 0.3 is 0 Å². The molecule has 4 nitrogen and oxygen atoms in total.